The third-order valence-electron chi connectivity index (χ3n) is 6.81. The minimum Gasteiger partial charge on any atom is -0.399 e. The third kappa shape index (κ3) is 3.78. The van der Waals surface area contributed by atoms with Gasteiger partial charge in [0.25, 0.3) is 0 Å². The Morgan fingerprint density at radius 3 is 2.10 bits per heavy atom. The molecule has 4 rings (SSSR count). The highest BCUT2D eigenvalue weighted by Crippen LogP contribution is 2.37. The summed E-state index contributed by atoms with van der Waals surface area (Å²) in [5.74, 6) is 1.05. The van der Waals surface area contributed by atoms with Crippen molar-refractivity contribution in [2.45, 2.75) is 65.2 Å². The van der Waals surface area contributed by atoms with Gasteiger partial charge in [0.2, 0.25) is 0 Å². The van der Waals surface area contributed by atoms with E-state index in [0.717, 1.165) is 48.4 Å². The molecule has 0 radical (unpaired) electrons. The topological polar surface area (TPSA) is 37.8 Å². The average molecular weight is 395 g/mol. The summed E-state index contributed by atoms with van der Waals surface area (Å²) in [5.41, 5.74) is 1.58. The van der Waals surface area contributed by atoms with Gasteiger partial charge < -0.3 is 14.2 Å². The fraction of sp³-hybridized carbons (Fsp3) is 0.609. The number of fused-ring (bicyclic) bond motifs is 1. The van der Waals surface area contributed by atoms with Gasteiger partial charge in [0.15, 0.2) is 0 Å². The van der Waals surface area contributed by atoms with E-state index in [2.05, 4.69) is 88.6 Å². The number of benzene rings is 1. The number of hydrogen-bond donors (Lipinski definition) is 0. The molecule has 2 aliphatic rings. The van der Waals surface area contributed by atoms with Crippen LogP contribution in [0.5, 0.6) is 0 Å². The molecule has 2 saturated heterocycles. The van der Waals surface area contributed by atoms with Gasteiger partial charge in [-0.25, -0.2) is 4.98 Å². The Morgan fingerprint density at radius 1 is 0.897 bits per heavy atom. The molecule has 156 valence electrons. The van der Waals surface area contributed by atoms with Crippen LogP contribution in [-0.2, 0) is 9.31 Å². The summed E-state index contributed by atoms with van der Waals surface area (Å²) in [6, 6.07) is 10.5. The number of rotatable bonds is 2. The maximum atomic E-state index is 6.28. The summed E-state index contributed by atoms with van der Waals surface area (Å²) in [7, 11) is -0.369. The van der Waals surface area contributed by atoms with Crippen molar-refractivity contribution in [2.75, 3.05) is 31.1 Å². The van der Waals surface area contributed by atoms with Gasteiger partial charge in [0, 0.05) is 37.1 Å². The van der Waals surface area contributed by atoms with Crippen molar-refractivity contribution in [3.63, 3.8) is 0 Å². The van der Waals surface area contributed by atoms with E-state index in [1.54, 1.807) is 0 Å². The predicted octanol–water partition coefficient (Wildman–Crippen LogP) is 3.45. The van der Waals surface area contributed by atoms with Crippen LogP contribution in [0.4, 0.5) is 5.82 Å². The van der Waals surface area contributed by atoms with Crippen molar-refractivity contribution in [1.82, 2.24) is 9.88 Å². The lowest BCUT2D eigenvalue weighted by Crippen LogP contribution is -2.53. The van der Waals surface area contributed by atoms with Crippen LogP contribution < -0.4 is 10.4 Å². The van der Waals surface area contributed by atoms with E-state index in [-0.39, 0.29) is 23.9 Å². The molecule has 0 amide bonds. The first-order valence-electron chi connectivity index (χ1n) is 10.7. The third-order valence-corrected chi connectivity index (χ3v) is 6.81. The Hall–Kier alpha value is -1.63. The molecule has 0 bridgehead atoms. The van der Waals surface area contributed by atoms with Gasteiger partial charge in [0.1, 0.15) is 5.82 Å². The molecule has 1 aromatic carbocycles. The highest BCUT2D eigenvalue weighted by atomic mass is 16.7. The van der Waals surface area contributed by atoms with E-state index in [4.69, 9.17) is 14.3 Å². The van der Waals surface area contributed by atoms with Crippen LogP contribution in [-0.4, -0.2) is 59.9 Å². The molecule has 1 aromatic heterocycles. The number of pyridine rings is 1. The zero-order valence-electron chi connectivity index (χ0n) is 19.0. The number of anilines is 1. The maximum absolute atomic E-state index is 6.28. The van der Waals surface area contributed by atoms with Crippen LogP contribution >= 0.6 is 0 Å². The Bertz CT molecular complexity index is 883. The van der Waals surface area contributed by atoms with Crippen molar-refractivity contribution >= 4 is 29.3 Å². The molecule has 2 aromatic rings. The molecule has 29 heavy (non-hydrogen) atoms. The largest absolute Gasteiger partial charge is 0.495 e. The summed E-state index contributed by atoms with van der Waals surface area (Å²) in [5, 5.41) is 1.10. The van der Waals surface area contributed by atoms with Crippen LogP contribution in [0, 0.1) is 0 Å². The van der Waals surface area contributed by atoms with Crippen LogP contribution in [0.15, 0.2) is 30.3 Å². The minimum atomic E-state index is -0.369. The van der Waals surface area contributed by atoms with Crippen LogP contribution in [0.25, 0.3) is 10.9 Å². The Morgan fingerprint density at radius 2 is 1.52 bits per heavy atom. The first-order valence-corrected chi connectivity index (χ1v) is 10.7. The summed E-state index contributed by atoms with van der Waals surface area (Å²) < 4.78 is 12.6. The minimum absolute atomic E-state index is 0.223. The maximum Gasteiger partial charge on any atom is 0.495 e. The molecule has 0 aliphatic carbocycles. The van der Waals surface area contributed by atoms with E-state index >= 15 is 0 Å². The molecule has 0 N–H and O–H groups in total. The SMILES string of the molecule is CC(C)(C)N1CCN(c2ccc3c(B4OC(C)(C)C(C)(C)O4)cccc3n2)CC1. The molecular weight excluding hydrogens is 361 g/mol. The van der Waals surface area contributed by atoms with Crippen LogP contribution in [0.3, 0.4) is 0 Å². The second-order valence-corrected chi connectivity index (χ2v) is 10.3. The monoisotopic (exact) mass is 395 g/mol. The summed E-state index contributed by atoms with van der Waals surface area (Å²) in [6.45, 7) is 19.4. The zero-order chi connectivity index (χ0) is 21.0. The quantitative estimate of drug-likeness (QED) is 0.729. The van der Waals surface area contributed by atoms with E-state index < -0.39 is 0 Å². The number of nitrogens with zero attached hydrogens (tertiary/aromatic N) is 3. The van der Waals surface area contributed by atoms with Crippen LogP contribution in [0.1, 0.15) is 48.5 Å². The zero-order valence-corrected chi connectivity index (χ0v) is 19.0. The Balaban J connectivity index is 1.58. The highest BCUT2D eigenvalue weighted by Gasteiger charge is 2.52. The van der Waals surface area contributed by atoms with E-state index in [1.165, 1.54) is 0 Å². The second-order valence-electron chi connectivity index (χ2n) is 10.3. The number of hydrogen-bond acceptors (Lipinski definition) is 5. The molecule has 3 heterocycles. The van der Waals surface area contributed by atoms with E-state index in [0.29, 0.717) is 0 Å². The van der Waals surface area contributed by atoms with Crippen molar-refractivity contribution in [3.8, 4) is 0 Å². The molecule has 2 aliphatic heterocycles. The Labute approximate surface area is 175 Å². The first-order chi connectivity index (χ1) is 13.5. The standard InChI is InChI=1S/C23H34BN3O2/c1-21(2,3)27-15-13-26(14-16-27)20-12-11-17-18(9-8-10-19(17)25-20)24-28-22(4,5)23(6,7)29-24/h8-12H,13-16H2,1-7H3. The molecule has 0 saturated carbocycles. The number of aromatic nitrogens is 1. The molecule has 5 nitrogen and oxygen atoms in total. The fourth-order valence-electron chi connectivity index (χ4n) is 4.13. The summed E-state index contributed by atoms with van der Waals surface area (Å²) in [4.78, 5) is 9.92. The molecule has 0 atom stereocenters. The van der Waals surface area contributed by atoms with Gasteiger partial charge >= 0.3 is 7.12 Å². The lowest BCUT2D eigenvalue weighted by Gasteiger charge is -2.42. The highest BCUT2D eigenvalue weighted by molar-refractivity contribution is 6.65. The van der Waals surface area contributed by atoms with Gasteiger partial charge in [-0.05, 0) is 72.1 Å². The second kappa shape index (κ2) is 6.97. The van der Waals surface area contributed by atoms with Gasteiger partial charge in [-0.15, -0.1) is 0 Å². The summed E-state index contributed by atoms with van der Waals surface area (Å²) in [6.07, 6.45) is 0. The van der Waals surface area contributed by atoms with Crippen LogP contribution in [0.2, 0.25) is 0 Å². The molecule has 6 heteroatoms. The van der Waals surface area contributed by atoms with E-state index in [1.807, 2.05) is 0 Å². The lowest BCUT2D eigenvalue weighted by molar-refractivity contribution is 0.00578. The normalized spacial score (nSPS) is 22.4. The lowest BCUT2D eigenvalue weighted by atomic mass is 9.76. The van der Waals surface area contributed by atoms with Crippen molar-refractivity contribution in [1.29, 1.82) is 0 Å². The van der Waals surface area contributed by atoms with Gasteiger partial charge in [-0.2, -0.15) is 0 Å². The van der Waals surface area contributed by atoms with Crippen molar-refractivity contribution in [2.24, 2.45) is 0 Å². The van der Waals surface area contributed by atoms with Gasteiger partial charge in [-0.3, -0.25) is 4.90 Å². The van der Waals surface area contributed by atoms with Gasteiger partial charge in [-0.1, -0.05) is 12.1 Å². The fourth-order valence-corrected chi connectivity index (χ4v) is 4.13. The number of piperazine rings is 1. The Kier molecular flexibility index (Phi) is 4.96. The van der Waals surface area contributed by atoms with Crippen molar-refractivity contribution in [3.05, 3.63) is 30.3 Å². The predicted molar refractivity (Wildman–Crippen MR) is 121 cm³/mol. The molecular formula is C23H34BN3O2. The first kappa shape index (κ1) is 20.6. The van der Waals surface area contributed by atoms with E-state index in [9.17, 15) is 0 Å². The van der Waals surface area contributed by atoms with Crippen molar-refractivity contribution < 1.29 is 9.31 Å². The molecule has 0 unspecified atom stereocenters. The average Bonchev–Trinajstić information content (AvgIpc) is 2.87. The molecule has 2 fully saturated rings. The molecule has 0 spiro atoms. The van der Waals surface area contributed by atoms with Gasteiger partial charge in [0.05, 0.1) is 16.7 Å². The summed E-state index contributed by atoms with van der Waals surface area (Å²) >= 11 is 0. The smallest absolute Gasteiger partial charge is 0.399 e.